The molecule has 1 nitrogen and oxygen atoms in total. The molecule has 0 unspecified atom stereocenters. The fourth-order valence-corrected chi connectivity index (χ4v) is 0.875. The molecule has 0 aliphatic carbocycles. The largest absolute Gasteiger partial charge is 0.432 e. The predicted octanol–water partition coefficient (Wildman–Crippen LogP) is 2.34. The van der Waals surface area contributed by atoms with Gasteiger partial charge in [-0.1, -0.05) is 5.57 Å². The van der Waals surface area contributed by atoms with E-state index >= 15 is 0 Å². The molecule has 0 radical (unpaired) electrons. The minimum absolute atomic E-state index is 0.261. The first kappa shape index (κ1) is 8.30. The van der Waals surface area contributed by atoms with Gasteiger partial charge in [0.15, 0.2) is 0 Å². The molecule has 0 aromatic carbocycles. The van der Waals surface area contributed by atoms with E-state index in [0.717, 1.165) is 11.6 Å². The van der Waals surface area contributed by atoms with E-state index in [0.29, 0.717) is 6.42 Å². The van der Waals surface area contributed by atoms with Crippen LogP contribution in [0.3, 0.4) is 0 Å². The normalized spacial score (nSPS) is 19.3. The van der Waals surface area contributed by atoms with Crippen LogP contribution in [-0.2, 0) is 0 Å². The molecule has 0 atom stereocenters. The van der Waals surface area contributed by atoms with Crippen LogP contribution in [0.4, 0.5) is 13.2 Å². The van der Waals surface area contributed by atoms with E-state index in [1.165, 1.54) is 0 Å². The van der Waals surface area contributed by atoms with Crippen LogP contribution >= 0.6 is 0 Å². The maximum atomic E-state index is 11.9. The van der Waals surface area contributed by atoms with Gasteiger partial charge in [0.05, 0.1) is 0 Å². The molecule has 11 heavy (non-hydrogen) atoms. The second-order valence-electron chi connectivity index (χ2n) is 2.51. The standard InChI is InChI=1S/C7H8F3N/c1-5-2-3-11-6(4-5)7(8,9)10/h4H,2-3H2,1H3. The maximum Gasteiger partial charge on any atom is 0.432 e. The zero-order valence-electron chi connectivity index (χ0n) is 6.07. The van der Waals surface area contributed by atoms with E-state index in [4.69, 9.17) is 0 Å². The first-order valence-electron chi connectivity index (χ1n) is 3.29. The molecule has 0 bridgehead atoms. The van der Waals surface area contributed by atoms with Crippen molar-refractivity contribution in [1.82, 2.24) is 0 Å². The minimum atomic E-state index is -4.28. The molecular formula is C7H8F3N. The van der Waals surface area contributed by atoms with Gasteiger partial charge in [0.1, 0.15) is 5.71 Å². The van der Waals surface area contributed by atoms with Gasteiger partial charge >= 0.3 is 6.18 Å². The van der Waals surface area contributed by atoms with E-state index in [-0.39, 0.29) is 6.54 Å². The lowest BCUT2D eigenvalue weighted by Gasteiger charge is -2.11. The van der Waals surface area contributed by atoms with Crippen LogP contribution in [-0.4, -0.2) is 18.4 Å². The van der Waals surface area contributed by atoms with Gasteiger partial charge in [-0.25, -0.2) is 0 Å². The highest BCUT2D eigenvalue weighted by molar-refractivity contribution is 6.00. The van der Waals surface area contributed by atoms with Gasteiger partial charge in [0.25, 0.3) is 0 Å². The van der Waals surface area contributed by atoms with Crippen molar-refractivity contribution in [1.29, 1.82) is 0 Å². The Balaban J connectivity index is 2.82. The molecule has 4 heteroatoms. The van der Waals surface area contributed by atoms with E-state index in [9.17, 15) is 13.2 Å². The summed E-state index contributed by atoms with van der Waals surface area (Å²) >= 11 is 0. The van der Waals surface area contributed by atoms with Crippen molar-refractivity contribution in [3.63, 3.8) is 0 Å². The van der Waals surface area contributed by atoms with E-state index in [1.54, 1.807) is 6.92 Å². The lowest BCUT2D eigenvalue weighted by atomic mass is 10.1. The number of halogens is 3. The summed E-state index contributed by atoms with van der Waals surface area (Å²) in [5.74, 6) is 0. The van der Waals surface area contributed by atoms with E-state index < -0.39 is 11.9 Å². The Bertz CT molecular complexity index is 212. The highest BCUT2D eigenvalue weighted by Crippen LogP contribution is 2.22. The Morgan fingerprint density at radius 3 is 2.45 bits per heavy atom. The van der Waals surface area contributed by atoms with Gasteiger partial charge < -0.3 is 0 Å². The third-order valence-electron chi connectivity index (χ3n) is 1.46. The van der Waals surface area contributed by atoms with Crippen molar-refractivity contribution in [3.8, 4) is 0 Å². The Hall–Kier alpha value is -0.800. The fraction of sp³-hybridized carbons (Fsp3) is 0.571. The molecule has 1 heterocycles. The molecule has 1 aliphatic heterocycles. The average Bonchev–Trinajstić information content (AvgIpc) is 1.86. The average molecular weight is 163 g/mol. The fourth-order valence-electron chi connectivity index (χ4n) is 0.875. The molecule has 62 valence electrons. The molecule has 0 spiro atoms. The Kier molecular flexibility index (Phi) is 2.02. The van der Waals surface area contributed by atoms with Gasteiger partial charge in [-0.3, -0.25) is 4.99 Å². The second kappa shape index (κ2) is 2.68. The molecular weight excluding hydrogens is 155 g/mol. The van der Waals surface area contributed by atoms with Crippen LogP contribution in [0.25, 0.3) is 0 Å². The zero-order chi connectivity index (χ0) is 8.48. The second-order valence-corrected chi connectivity index (χ2v) is 2.51. The molecule has 0 aromatic heterocycles. The summed E-state index contributed by atoms with van der Waals surface area (Å²) in [6.07, 6.45) is -2.54. The number of hydrogen-bond acceptors (Lipinski definition) is 1. The first-order chi connectivity index (χ1) is 5.00. The van der Waals surface area contributed by atoms with Crippen molar-refractivity contribution in [2.24, 2.45) is 4.99 Å². The van der Waals surface area contributed by atoms with Crippen LogP contribution in [0.15, 0.2) is 16.6 Å². The summed E-state index contributed by atoms with van der Waals surface area (Å²) in [7, 11) is 0. The Morgan fingerprint density at radius 1 is 1.45 bits per heavy atom. The van der Waals surface area contributed by atoms with Crippen LogP contribution in [0.1, 0.15) is 13.3 Å². The first-order valence-corrected chi connectivity index (χ1v) is 3.29. The Labute approximate surface area is 62.6 Å². The molecule has 0 aromatic rings. The summed E-state index contributed by atoms with van der Waals surface area (Å²) in [4.78, 5) is 3.37. The number of allylic oxidation sites excluding steroid dienone is 1. The summed E-state index contributed by atoms with van der Waals surface area (Å²) < 4.78 is 35.8. The summed E-state index contributed by atoms with van der Waals surface area (Å²) in [5.41, 5.74) is -0.00595. The van der Waals surface area contributed by atoms with Gasteiger partial charge in [0.2, 0.25) is 0 Å². The topological polar surface area (TPSA) is 12.4 Å². The molecule has 1 rings (SSSR count). The number of nitrogens with zero attached hydrogens (tertiary/aromatic N) is 1. The van der Waals surface area contributed by atoms with E-state index in [1.807, 2.05) is 0 Å². The van der Waals surface area contributed by atoms with Crippen molar-refractivity contribution in [2.75, 3.05) is 6.54 Å². The monoisotopic (exact) mass is 163 g/mol. The molecule has 0 fully saturated rings. The molecule has 0 amide bonds. The van der Waals surface area contributed by atoms with Crippen LogP contribution in [0, 0.1) is 0 Å². The number of hydrogen-bond donors (Lipinski definition) is 0. The zero-order valence-corrected chi connectivity index (χ0v) is 6.07. The minimum Gasteiger partial charge on any atom is -0.280 e. The highest BCUT2D eigenvalue weighted by Gasteiger charge is 2.34. The third kappa shape index (κ3) is 2.06. The van der Waals surface area contributed by atoms with Gasteiger partial charge in [-0.05, 0) is 19.4 Å². The summed E-state index contributed by atoms with van der Waals surface area (Å²) in [6, 6.07) is 0. The summed E-state index contributed by atoms with van der Waals surface area (Å²) in [5, 5.41) is 0. The van der Waals surface area contributed by atoms with Crippen LogP contribution in [0.2, 0.25) is 0 Å². The maximum absolute atomic E-state index is 11.9. The molecule has 0 saturated carbocycles. The molecule has 1 aliphatic rings. The van der Waals surface area contributed by atoms with Crippen molar-refractivity contribution in [3.05, 3.63) is 11.6 Å². The van der Waals surface area contributed by atoms with Crippen LogP contribution < -0.4 is 0 Å². The number of alkyl halides is 3. The predicted molar refractivity (Wildman–Crippen MR) is 36.7 cm³/mol. The lowest BCUT2D eigenvalue weighted by molar-refractivity contribution is -0.0580. The Morgan fingerprint density at radius 2 is 2.09 bits per heavy atom. The quantitative estimate of drug-likeness (QED) is 0.519. The molecule has 0 saturated heterocycles. The van der Waals surface area contributed by atoms with Crippen molar-refractivity contribution < 1.29 is 13.2 Å². The SMILES string of the molecule is CC1=CC(C(F)(F)F)=NCC1. The molecule has 0 N–H and O–H groups in total. The van der Waals surface area contributed by atoms with Gasteiger partial charge in [0, 0.05) is 6.54 Å². The van der Waals surface area contributed by atoms with E-state index in [2.05, 4.69) is 4.99 Å². The van der Waals surface area contributed by atoms with Gasteiger partial charge in [-0.2, -0.15) is 13.2 Å². The van der Waals surface area contributed by atoms with Crippen molar-refractivity contribution >= 4 is 5.71 Å². The smallest absolute Gasteiger partial charge is 0.280 e. The number of aliphatic imine (C=N–C) groups is 1. The number of rotatable bonds is 0. The highest BCUT2D eigenvalue weighted by atomic mass is 19.4. The van der Waals surface area contributed by atoms with Gasteiger partial charge in [-0.15, -0.1) is 0 Å². The number of dihydropyridines is 1. The van der Waals surface area contributed by atoms with Crippen LogP contribution in [0.5, 0.6) is 0 Å². The third-order valence-corrected chi connectivity index (χ3v) is 1.46. The summed E-state index contributed by atoms with van der Waals surface area (Å²) in [6.45, 7) is 1.94. The van der Waals surface area contributed by atoms with Crippen molar-refractivity contribution in [2.45, 2.75) is 19.5 Å². The lowest BCUT2D eigenvalue weighted by Crippen LogP contribution is -2.23.